The summed E-state index contributed by atoms with van der Waals surface area (Å²) in [4.78, 5) is 11.6. The summed E-state index contributed by atoms with van der Waals surface area (Å²) >= 11 is 9.20. The van der Waals surface area contributed by atoms with Crippen molar-refractivity contribution in [3.63, 3.8) is 0 Å². The SMILES string of the molecule is O=C(CCOc1ccc(Cl)cc1Br)NCC1CNC1. The Morgan fingerprint density at radius 3 is 2.95 bits per heavy atom. The van der Waals surface area contributed by atoms with Crippen molar-refractivity contribution in [2.45, 2.75) is 6.42 Å². The van der Waals surface area contributed by atoms with Crippen LogP contribution in [0.15, 0.2) is 22.7 Å². The molecule has 0 aliphatic carbocycles. The number of ether oxygens (including phenoxy) is 1. The fraction of sp³-hybridized carbons (Fsp3) is 0.462. The van der Waals surface area contributed by atoms with E-state index in [1.54, 1.807) is 18.2 Å². The molecule has 1 amide bonds. The lowest BCUT2D eigenvalue weighted by Crippen LogP contribution is -2.48. The van der Waals surface area contributed by atoms with Gasteiger partial charge in [-0.25, -0.2) is 0 Å². The number of hydrogen-bond acceptors (Lipinski definition) is 3. The molecule has 0 aromatic heterocycles. The van der Waals surface area contributed by atoms with Gasteiger partial charge in [0.05, 0.1) is 17.5 Å². The molecule has 0 atom stereocenters. The van der Waals surface area contributed by atoms with Crippen molar-refractivity contribution in [1.82, 2.24) is 10.6 Å². The van der Waals surface area contributed by atoms with Gasteiger partial charge in [-0.3, -0.25) is 4.79 Å². The van der Waals surface area contributed by atoms with Crippen LogP contribution < -0.4 is 15.4 Å². The van der Waals surface area contributed by atoms with E-state index >= 15 is 0 Å². The van der Waals surface area contributed by atoms with Gasteiger partial charge < -0.3 is 15.4 Å². The largest absolute Gasteiger partial charge is 0.492 e. The number of hydrogen-bond donors (Lipinski definition) is 2. The van der Waals surface area contributed by atoms with Crippen LogP contribution in [0.3, 0.4) is 0 Å². The van der Waals surface area contributed by atoms with Crippen LogP contribution in [0, 0.1) is 5.92 Å². The quantitative estimate of drug-likeness (QED) is 0.829. The minimum absolute atomic E-state index is 0.0250. The predicted octanol–water partition coefficient (Wildman–Crippen LogP) is 2.21. The number of amides is 1. The number of rotatable bonds is 6. The van der Waals surface area contributed by atoms with Gasteiger partial charge in [-0.2, -0.15) is 0 Å². The Morgan fingerprint density at radius 1 is 1.53 bits per heavy atom. The Balaban J connectivity index is 1.66. The van der Waals surface area contributed by atoms with E-state index in [-0.39, 0.29) is 5.91 Å². The van der Waals surface area contributed by atoms with E-state index in [4.69, 9.17) is 16.3 Å². The summed E-state index contributed by atoms with van der Waals surface area (Å²) < 4.78 is 6.32. The van der Waals surface area contributed by atoms with Crippen LogP contribution in [0.5, 0.6) is 5.75 Å². The van der Waals surface area contributed by atoms with Crippen molar-refractivity contribution < 1.29 is 9.53 Å². The molecule has 0 unspecified atom stereocenters. The maximum atomic E-state index is 11.6. The second kappa shape index (κ2) is 7.12. The molecule has 0 radical (unpaired) electrons. The molecule has 1 heterocycles. The van der Waals surface area contributed by atoms with Gasteiger partial charge in [0.15, 0.2) is 0 Å². The average Bonchev–Trinajstić information content (AvgIpc) is 2.30. The van der Waals surface area contributed by atoms with Crippen molar-refractivity contribution in [2.75, 3.05) is 26.2 Å². The Labute approximate surface area is 126 Å². The lowest BCUT2D eigenvalue weighted by molar-refractivity contribution is -0.121. The number of nitrogens with one attached hydrogen (secondary N) is 2. The van der Waals surface area contributed by atoms with Crippen molar-refractivity contribution >= 4 is 33.4 Å². The number of halogens is 2. The highest BCUT2D eigenvalue weighted by Gasteiger charge is 2.16. The lowest BCUT2D eigenvalue weighted by atomic mass is 10.0. The zero-order valence-electron chi connectivity index (χ0n) is 10.4. The maximum Gasteiger partial charge on any atom is 0.223 e. The molecule has 0 bridgehead atoms. The standard InChI is InChI=1S/C13H16BrClN2O2/c14-11-5-10(15)1-2-12(11)19-4-3-13(18)17-8-9-6-16-7-9/h1-2,5,9,16H,3-4,6-8H2,(H,17,18). The van der Waals surface area contributed by atoms with E-state index in [1.165, 1.54) is 0 Å². The molecule has 2 rings (SSSR count). The second-order valence-corrected chi connectivity index (χ2v) is 5.79. The number of benzene rings is 1. The Kier molecular flexibility index (Phi) is 5.48. The minimum Gasteiger partial charge on any atom is -0.492 e. The molecule has 1 aromatic carbocycles. The van der Waals surface area contributed by atoms with E-state index < -0.39 is 0 Å². The Bertz CT molecular complexity index is 452. The topological polar surface area (TPSA) is 50.4 Å². The van der Waals surface area contributed by atoms with E-state index in [0.717, 1.165) is 24.1 Å². The highest BCUT2D eigenvalue weighted by atomic mass is 79.9. The zero-order valence-corrected chi connectivity index (χ0v) is 12.8. The monoisotopic (exact) mass is 346 g/mol. The molecule has 19 heavy (non-hydrogen) atoms. The third kappa shape index (κ3) is 4.67. The summed E-state index contributed by atoms with van der Waals surface area (Å²) in [5, 5.41) is 6.72. The molecule has 2 N–H and O–H groups in total. The molecule has 6 heteroatoms. The van der Waals surface area contributed by atoms with Gasteiger partial charge in [0.2, 0.25) is 5.91 Å². The van der Waals surface area contributed by atoms with Gasteiger partial charge in [-0.15, -0.1) is 0 Å². The highest BCUT2D eigenvalue weighted by Crippen LogP contribution is 2.27. The predicted molar refractivity (Wildman–Crippen MR) is 78.6 cm³/mol. The summed E-state index contributed by atoms with van der Waals surface area (Å²) in [6.45, 7) is 3.09. The molecule has 1 fully saturated rings. The van der Waals surface area contributed by atoms with Crippen LogP contribution in [-0.4, -0.2) is 32.1 Å². The Hall–Kier alpha value is -0.780. The molecular weight excluding hydrogens is 332 g/mol. The van der Waals surface area contributed by atoms with Crippen LogP contribution in [0.2, 0.25) is 5.02 Å². The molecule has 1 aromatic rings. The van der Waals surface area contributed by atoms with Gasteiger partial charge in [0.1, 0.15) is 5.75 Å². The van der Waals surface area contributed by atoms with Gasteiger partial charge in [-0.05, 0) is 34.1 Å². The lowest BCUT2D eigenvalue weighted by Gasteiger charge is -2.27. The second-order valence-electron chi connectivity index (χ2n) is 4.50. The Morgan fingerprint density at radius 2 is 2.32 bits per heavy atom. The summed E-state index contributed by atoms with van der Waals surface area (Å²) in [5.74, 6) is 1.30. The molecule has 1 aliphatic heterocycles. The van der Waals surface area contributed by atoms with Gasteiger partial charge in [-0.1, -0.05) is 11.6 Å². The average molecular weight is 348 g/mol. The van der Waals surface area contributed by atoms with E-state index in [1.807, 2.05) is 0 Å². The van der Waals surface area contributed by atoms with Crippen molar-refractivity contribution in [3.05, 3.63) is 27.7 Å². The summed E-state index contributed by atoms with van der Waals surface area (Å²) in [6.07, 6.45) is 0.356. The van der Waals surface area contributed by atoms with E-state index in [9.17, 15) is 4.79 Å². The fourth-order valence-corrected chi connectivity index (χ4v) is 2.48. The van der Waals surface area contributed by atoms with Gasteiger partial charge in [0, 0.05) is 30.6 Å². The first-order chi connectivity index (χ1) is 9.15. The minimum atomic E-state index is 0.0250. The highest BCUT2D eigenvalue weighted by molar-refractivity contribution is 9.10. The van der Waals surface area contributed by atoms with E-state index in [2.05, 4.69) is 26.6 Å². The van der Waals surface area contributed by atoms with E-state index in [0.29, 0.717) is 29.7 Å². The first kappa shape index (κ1) is 14.6. The maximum absolute atomic E-state index is 11.6. The molecule has 104 valence electrons. The third-order valence-corrected chi connectivity index (χ3v) is 3.79. The molecule has 4 nitrogen and oxygen atoms in total. The summed E-state index contributed by atoms with van der Waals surface area (Å²) in [7, 11) is 0. The molecule has 0 spiro atoms. The third-order valence-electron chi connectivity index (χ3n) is 2.93. The van der Waals surface area contributed by atoms with Crippen LogP contribution >= 0.6 is 27.5 Å². The summed E-state index contributed by atoms with van der Waals surface area (Å²) in [5.41, 5.74) is 0. The number of carbonyl (C=O) groups is 1. The van der Waals surface area contributed by atoms with Crippen LogP contribution in [-0.2, 0) is 4.79 Å². The van der Waals surface area contributed by atoms with Crippen LogP contribution in [0.25, 0.3) is 0 Å². The molecular formula is C13H16BrClN2O2. The van der Waals surface area contributed by atoms with Gasteiger partial charge in [0.25, 0.3) is 0 Å². The van der Waals surface area contributed by atoms with Gasteiger partial charge >= 0.3 is 0 Å². The fourth-order valence-electron chi connectivity index (χ4n) is 1.69. The molecule has 1 saturated heterocycles. The van der Waals surface area contributed by atoms with Crippen LogP contribution in [0.4, 0.5) is 0 Å². The molecule has 0 saturated carbocycles. The van der Waals surface area contributed by atoms with Crippen LogP contribution in [0.1, 0.15) is 6.42 Å². The number of carbonyl (C=O) groups excluding carboxylic acids is 1. The summed E-state index contributed by atoms with van der Waals surface area (Å²) in [6, 6.07) is 5.30. The zero-order chi connectivity index (χ0) is 13.7. The smallest absolute Gasteiger partial charge is 0.223 e. The van der Waals surface area contributed by atoms with Crippen molar-refractivity contribution in [3.8, 4) is 5.75 Å². The normalized spacial score (nSPS) is 14.8. The van der Waals surface area contributed by atoms with Crippen molar-refractivity contribution in [2.24, 2.45) is 5.92 Å². The first-order valence-corrected chi connectivity index (χ1v) is 7.37. The molecule has 1 aliphatic rings. The first-order valence-electron chi connectivity index (χ1n) is 6.20. The van der Waals surface area contributed by atoms with Crippen molar-refractivity contribution in [1.29, 1.82) is 0 Å².